The lowest BCUT2D eigenvalue weighted by molar-refractivity contribution is 0.159. The second-order valence-corrected chi connectivity index (χ2v) is 1.37. The van der Waals surface area contributed by atoms with E-state index in [4.69, 9.17) is 4.84 Å². The summed E-state index contributed by atoms with van der Waals surface area (Å²) in [5.74, 6) is 0. The largest absolute Gasteiger partial charge is 0.259 e. The van der Waals surface area contributed by atoms with E-state index in [0.29, 0.717) is 6.61 Å². The standard InChI is InChI=1S/C4H8N4O/c1-2-9-7-8-4-3-5-6-8/h3-4,7H,2H2,1H3. The Morgan fingerprint density at radius 2 is 2.67 bits per heavy atom. The molecule has 0 fully saturated rings. The van der Waals surface area contributed by atoms with Gasteiger partial charge < -0.3 is 0 Å². The number of nitrogens with one attached hydrogen (secondary N) is 1. The van der Waals surface area contributed by atoms with E-state index < -0.39 is 0 Å². The fourth-order valence-electron chi connectivity index (χ4n) is 0.388. The van der Waals surface area contributed by atoms with Crippen LogP contribution in [0.15, 0.2) is 12.4 Å². The van der Waals surface area contributed by atoms with Gasteiger partial charge in [0.1, 0.15) is 0 Å². The third kappa shape index (κ3) is 1.69. The molecule has 0 bridgehead atoms. The summed E-state index contributed by atoms with van der Waals surface area (Å²) in [6.45, 7) is 2.48. The number of rotatable bonds is 3. The Bertz CT molecular complexity index is 150. The highest BCUT2D eigenvalue weighted by Crippen LogP contribution is 1.73. The van der Waals surface area contributed by atoms with Crippen molar-refractivity contribution in [1.82, 2.24) is 15.1 Å². The molecule has 0 aliphatic carbocycles. The first-order chi connectivity index (χ1) is 4.43. The van der Waals surface area contributed by atoms with Gasteiger partial charge in [-0.3, -0.25) is 4.84 Å². The lowest BCUT2D eigenvalue weighted by Gasteiger charge is -2.00. The lowest BCUT2D eigenvalue weighted by Crippen LogP contribution is -2.15. The highest BCUT2D eigenvalue weighted by Gasteiger charge is 1.83. The quantitative estimate of drug-likeness (QED) is 0.571. The molecule has 1 N–H and O–H groups in total. The van der Waals surface area contributed by atoms with Gasteiger partial charge in [0.05, 0.1) is 19.0 Å². The third-order valence-corrected chi connectivity index (χ3v) is 0.725. The molecule has 0 saturated heterocycles. The predicted octanol–water partition coefficient (Wildman–Crippen LogP) is -0.227. The molecule has 9 heavy (non-hydrogen) atoms. The van der Waals surface area contributed by atoms with Gasteiger partial charge in [0.15, 0.2) is 0 Å². The lowest BCUT2D eigenvalue weighted by atomic mass is 10.9. The van der Waals surface area contributed by atoms with E-state index in [9.17, 15) is 0 Å². The molecule has 50 valence electrons. The number of hydrogen-bond donors (Lipinski definition) is 1. The summed E-state index contributed by atoms with van der Waals surface area (Å²) in [4.78, 5) is 6.17. The van der Waals surface area contributed by atoms with Crippen molar-refractivity contribution in [3.63, 3.8) is 0 Å². The molecule has 1 aromatic heterocycles. The second-order valence-electron chi connectivity index (χ2n) is 1.37. The Balaban J connectivity index is 2.30. The zero-order valence-electron chi connectivity index (χ0n) is 5.11. The molecule has 5 heteroatoms. The van der Waals surface area contributed by atoms with E-state index in [2.05, 4.69) is 15.9 Å². The monoisotopic (exact) mass is 128 g/mol. The van der Waals surface area contributed by atoms with Crippen LogP contribution >= 0.6 is 0 Å². The van der Waals surface area contributed by atoms with Crippen molar-refractivity contribution in [3.05, 3.63) is 12.4 Å². The molecule has 0 radical (unpaired) electrons. The first-order valence-corrected chi connectivity index (χ1v) is 2.67. The van der Waals surface area contributed by atoms with Gasteiger partial charge in [-0.15, -0.1) is 9.89 Å². The Kier molecular flexibility index (Phi) is 2.03. The molecule has 0 unspecified atom stereocenters. The Morgan fingerprint density at radius 1 is 1.78 bits per heavy atom. The first kappa shape index (κ1) is 6.03. The fraction of sp³-hybridized carbons (Fsp3) is 0.500. The minimum absolute atomic E-state index is 0.597. The summed E-state index contributed by atoms with van der Waals surface area (Å²) in [5.41, 5.74) is 2.52. The minimum Gasteiger partial charge on any atom is -0.259 e. The van der Waals surface area contributed by atoms with E-state index in [-0.39, 0.29) is 0 Å². The van der Waals surface area contributed by atoms with Crippen LogP contribution < -0.4 is 5.59 Å². The van der Waals surface area contributed by atoms with E-state index in [1.165, 1.54) is 4.79 Å². The van der Waals surface area contributed by atoms with Crippen LogP contribution in [0.4, 0.5) is 0 Å². The molecule has 1 rings (SSSR count). The maximum Gasteiger partial charge on any atom is 0.0736 e. The van der Waals surface area contributed by atoms with Crippen LogP contribution in [-0.2, 0) is 4.84 Å². The molecule has 0 aliphatic rings. The number of hydrogen-bond acceptors (Lipinski definition) is 4. The van der Waals surface area contributed by atoms with Crippen molar-refractivity contribution < 1.29 is 4.84 Å². The zero-order chi connectivity index (χ0) is 6.53. The van der Waals surface area contributed by atoms with Gasteiger partial charge >= 0.3 is 0 Å². The van der Waals surface area contributed by atoms with Gasteiger partial charge in [0.2, 0.25) is 0 Å². The van der Waals surface area contributed by atoms with Crippen molar-refractivity contribution in [2.75, 3.05) is 12.2 Å². The van der Waals surface area contributed by atoms with E-state index in [1.54, 1.807) is 12.4 Å². The molecular formula is C4H8N4O. The van der Waals surface area contributed by atoms with Gasteiger partial charge in [0, 0.05) is 0 Å². The Hall–Kier alpha value is -1.10. The fourth-order valence-corrected chi connectivity index (χ4v) is 0.388. The molecule has 5 nitrogen and oxygen atoms in total. The molecular weight excluding hydrogens is 120 g/mol. The number of aromatic nitrogens is 3. The normalized spacial score (nSPS) is 9.44. The van der Waals surface area contributed by atoms with Crippen LogP contribution in [0, 0.1) is 0 Å². The average Bonchev–Trinajstić information content (AvgIpc) is 2.34. The summed E-state index contributed by atoms with van der Waals surface area (Å²) in [6, 6.07) is 0. The maximum absolute atomic E-state index is 4.79. The molecule has 0 amide bonds. The van der Waals surface area contributed by atoms with Crippen LogP contribution in [0.1, 0.15) is 6.92 Å². The molecule has 0 aliphatic heterocycles. The zero-order valence-corrected chi connectivity index (χ0v) is 5.11. The van der Waals surface area contributed by atoms with Gasteiger partial charge in [-0.1, -0.05) is 0 Å². The molecule has 0 saturated carbocycles. The number of nitrogens with zero attached hydrogens (tertiary/aromatic N) is 3. The molecule has 0 spiro atoms. The minimum atomic E-state index is 0.597. The summed E-state index contributed by atoms with van der Waals surface area (Å²) >= 11 is 0. The topological polar surface area (TPSA) is 52.0 Å². The molecule has 0 atom stereocenters. The third-order valence-electron chi connectivity index (χ3n) is 0.725. The van der Waals surface area contributed by atoms with Crippen LogP contribution in [-0.4, -0.2) is 21.7 Å². The van der Waals surface area contributed by atoms with E-state index in [0.717, 1.165) is 0 Å². The Labute approximate surface area is 52.5 Å². The highest BCUT2D eigenvalue weighted by atomic mass is 16.7. The van der Waals surface area contributed by atoms with Crippen LogP contribution in [0.25, 0.3) is 0 Å². The van der Waals surface area contributed by atoms with E-state index >= 15 is 0 Å². The summed E-state index contributed by atoms with van der Waals surface area (Å²) in [5, 5.41) is 7.13. The van der Waals surface area contributed by atoms with Crippen molar-refractivity contribution in [1.29, 1.82) is 0 Å². The Morgan fingerprint density at radius 3 is 3.22 bits per heavy atom. The van der Waals surface area contributed by atoms with Gasteiger partial charge in [-0.05, 0) is 12.1 Å². The van der Waals surface area contributed by atoms with E-state index in [1.807, 2.05) is 6.92 Å². The van der Waals surface area contributed by atoms with Crippen molar-refractivity contribution in [2.24, 2.45) is 0 Å². The van der Waals surface area contributed by atoms with Crippen molar-refractivity contribution in [3.8, 4) is 0 Å². The average molecular weight is 128 g/mol. The van der Waals surface area contributed by atoms with Gasteiger partial charge in [-0.2, -0.15) is 5.59 Å². The second kappa shape index (κ2) is 3.03. The van der Waals surface area contributed by atoms with Crippen LogP contribution in [0.5, 0.6) is 0 Å². The molecule has 1 aromatic rings. The molecule has 1 heterocycles. The molecule has 0 aromatic carbocycles. The van der Waals surface area contributed by atoms with Gasteiger partial charge in [0.25, 0.3) is 0 Å². The summed E-state index contributed by atoms with van der Waals surface area (Å²) in [7, 11) is 0. The van der Waals surface area contributed by atoms with Crippen LogP contribution in [0.2, 0.25) is 0 Å². The first-order valence-electron chi connectivity index (χ1n) is 2.67. The SMILES string of the molecule is CCONn1ccnn1. The van der Waals surface area contributed by atoms with Gasteiger partial charge in [-0.25, -0.2) is 0 Å². The van der Waals surface area contributed by atoms with Crippen molar-refractivity contribution >= 4 is 0 Å². The predicted molar refractivity (Wildman–Crippen MR) is 31.0 cm³/mol. The smallest absolute Gasteiger partial charge is 0.0736 e. The van der Waals surface area contributed by atoms with Crippen LogP contribution in [0.3, 0.4) is 0 Å². The highest BCUT2D eigenvalue weighted by molar-refractivity contribution is 4.64. The summed E-state index contributed by atoms with van der Waals surface area (Å²) in [6.07, 6.45) is 3.21. The maximum atomic E-state index is 4.79. The van der Waals surface area contributed by atoms with Crippen molar-refractivity contribution in [2.45, 2.75) is 6.92 Å². The summed E-state index contributed by atoms with van der Waals surface area (Å²) < 4.78 is 0.